The van der Waals surface area contributed by atoms with E-state index in [-0.39, 0.29) is 23.9 Å². The van der Waals surface area contributed by atoms with E-state index in [0.29, 0.717) is 0 Å². The molecule has 2 rings (SSSR count). The molecule has 1 N–H and O–H groups in total. The summed E-state index contributed by atoms with van der Waals surface area (Å²) in [6.07, 6.45) is 0. The first-order valence-corrected chi connectivity index (χ1v) is 7.09. The normalized spacial score (nSPS) is 23.7. The van der Waals surface area contributed by atoms with Crippen LogP contribution in [0.4, 0.5) is 0 Å². The smallest absolute Gasteiger partial charge is 0.225 e. The van der Waals surface area contributed by atoms with Crippen LogP contribution in [-0.4, -0.2) is 29.9 Å². The van der Waals surface area contributed by atoms with Crippen molar-refractivity contribution in [3.63, 3.8) is 0 Å². The molecule has 1 aromatic carbocycles. The number of amides is 1. The number of rotatable bonds is 2. The van der Waals surface area contributed by atoms with E-state index in [2.05, 4.69) is 43.4 Å². The Labute approximate surface area is 116 Å². The van der Waals surface area contributed by atoms with E-state index < -0.39 is 0 Å². The van der Waals surface area contributed by atoms with Crippen LogP contribution in [0.3, 0.4) is 0 Å². The van der Waals surface area contributed by atoms with E-state index in [9.17, 15) is 4.79 Å². The second kappa shape index (κ2) is 5.74. The Morgan fingerprint density at radius 2 is 1.95 bits per heavy atom. The van der Waals surface area contributed by atoms with Gasteiger partial charge in [0.2, 0.25) is 5.91 Å². The maximum atomic E-state index is 12.2. The average molecular weight is 260 g/mol. The Bertz CT molecular complexity index is 439. The molecule has 1 aromatic rings. The van der Waals surface area contributed by atoms with Gasteiger partial charge >= 0.3 is 0 Å². The standard InChI is InChI=1S/C16H24N2O/c1-11(2)16(19)18-10-15(17-9-13(18)4)14-7-5-12(3)6-8-14/h5-8,11,13,15,17H,9-10H2,1-4H3/t13-,15?/m1/s1. The Balaban J connectivity index is 2.12. The molecule has 1 aliphatic heterocycles. The number of benzene rings is 1. The van der Waals surface area contributed by atoms with Crippen molar-refractivity contribution in [3.8, 4) is 0 Å². The number of carbonyl (C=O) groups is 1. The zero-order chi connectivity index (χ0) is 14.0. The maximum absolute atomic E-state index is 12.2. The minimum absolute atomic E-state index is 0.0687. The third kappa shape index (κ3) is 3.16. The number of nitrogens with zero attached hydrogens (tertiary/aromatic N) is 1. The third-order valence-electron chi connectivity index (χ3n) is 3.83. The van der Waals surface area contributed by atoms with Crippen molar-refractivity contribution in [2.24, 2.45) is 5.92 Å². The Hall–Kier alpha value is -1.35. The topological polar surface area (TPSA) is 32.3 Å². The molecular weight excluding hydrogens is 236 g/mol. The fraction of sp³-hybridized carbons (Fsp3) is 0.562. The molecule has 0 aliphatic carbocycles. The average Bonchev–Trinajstić information content (AvgIpc) is 2.39. The fourth-order valence-electron chi connectivity index (χ4n) is 2.53. The Kier molecular flexibility index (Phi) is 4.25. The molecule has 3 nitrogen and oxygen atoms in total. The molecule has 1 aliphatic rings. The zero-order valence-electron chi connectivity index (χ0n) is 12.3. The lowest BCUT2D eigenvalue weighted by Gasteiger charge is -2.40. The molecule has 0 bridgehead atoms. The lowest BCUT2D eigenvalue weighted by Crippen LogP contribution is -2.54. The second-order valence-corrected chi connectivity index (χ2v) is 5.87. The van der Waals surface area contributed by atoms with Crippen LogP contribution in [0.2, 0.25) is 0 Å². The van der Waals surface area contributed by atoms with Gasteiger partial charge in [0.15, 0.2) is 0 Å². The highest BCUT2D eigenvalue weighted by atomic mass is 16.2. The lowest BCUT2D eigenvalue weighted by atomic mass is 10.00. The van der Waals surface area contributed by atoms with Gasteiger partial charge in [0, 0.05) is 31.1 Å². The number of piperazine rings is 1. The number of carbonyl (C=O) groups excluding carboxylic acids is 1. The summed E-state index contributed by atoms with van der Waals surface area (Å²) in [6, 6.07) is 9.09. The van der Waals surface area contributed by atoms with Gasteiger partial charge in [-0.25, -0.2) is 0 Å². The summed E-state index contributed by atoms with van der Waals surface area (Å²) in [5.74, 6) is 0.324. The van der Waals surface area contributed by atoms with Crippen LogP contribution in [0.15, 0.2) is 24.3 Å². The van der Waals surface area contributed by atoms with Crippen molar-refractivity contribution < 1.29 is 4.79 Å². The molecule has 3 heteroatoms. The molecule has 0 spiro atoms. The van der Waals surface area contributed by atoms with E-state index in [1.807, 2.05) is 18.7 Å². The monoisotopic (exact) mass is 260 g/mol. The zero-order valence-corrected chi connectivity index (χ0v) is 12.3. The second-order valence-electron chi connectivity index (χ2n) is 5.87. The van der Waals surface area contributed by atoms with Gasteiger partial charge in [-0.15, -0.1) is 0 Å². The van der Waals surface area contributed by atoms with Crippen LogP contribution in [0.1, 0.15) is 37.9 Å². The molecule has 2 atom stereocenters. The van der Waals surface area contributed by atoms with E-state index >= 15 is 0 Å². The van der Waals surface area contributed by atoms with Gasteiger partial charge in [0.1, 0.15) is 0 Å². The van der Waals surface area contributed by atoms with Crippen LogP contribution in [-0.2, 0) is 4.79 Å². The third-order valence-corrected chi connectivity index (χ3v) is 3.83. The highest BCUT2D eigenvalue weighted by Crippen LogP contribution is 2.21. The highest BCUT2D eigenvalue weighted by Gasteiger charge is 2.30. The van der Waals surface area contributed by atoms with E-state index in [1.54, 1.807) is 0 Å². The van der Waals surface area contributed by atoms with Gasteiger partial charge in [0.25, 0.3) is 0 Å². The molecule has 1 saturated heterocycles. The molecule has 1 heterocycles. The fourth-order valence-corrected chi connectivity index (χ4v) is 2.53. The van der Waals surface area contributed by atoms with Gasteiger partial charge in [0.05, 0.1) is 0 Å². The van der Waals surface area contributed by atoms with Crippen molar-refractivity contribution >= 4 is 5.91 Å². The molecular formula is C16H24N2O. The van der Waals surface area contributed by atoms with Crippen LogP contribution in [0, 0.1) is 12.8 Å². The summed E-state index contributed by atoms with van der Waals surface area (Å²) in [5, 5.41) is 3.53. The summed E-state index contributed by atoms with van der Waals surface area (Å²) < 4.78 is 0. The summed E-state index contributed by atoms with van der Waals surface area (Å²) in [6.45, 7) is 9.77. The summed E-state index contributed by atoms with van der Waals surface area (Å²) >= 11 is 0. The van der Waals surface area contributed by atoms with Crippen LogP contribution >= 0.6 is 0 Å². The molecule has 0 aromatic heterocycles. The Morgan fingerprint density at radius 1 is 1.32 bits per heavy atom. The first kappa shape index (κ1) is 14.1. The van der Waals surface area contributed by atoms with Gasteiger partial charge in [-0.3, -0.25) is 4.79 Å². The molecule has 19 heavy (non-hydrogen) atoms. The minimum Gasteiger partial charge on any atom is -0.337 e. The van der Waals surface area contributed by atoms with Crippen molar-refractivity contribution in [1.29, 1.82) is 0 Å². The number of hydrogen-bond acceptors (Lipinski definition) is 2. The van der Waals surface area contributed by atoms with E-state index in [1.165, 1.54) is 11.1 Å². The number of hydrogen-bond donors (Lipinski definition) is 1. The van der Waals surface area contributed by atoms with Gasteiger partial charge < -0.3 is 10.2 Å². The molecule has 0 radical (unpaired) electrons. The van der Waals surface area contributed by atoms with Gasteiger partial charge in [-0.2, -0.15) is 0 Å². The van der Waals surface area contributed by atoms with E-state index in [0.717, 1.165) is 13.1 Å². The lowest BCUT2D eigenvalue weighted by molar-refractivity contribution is -0.138. The quantitative estimate of drug-likeness (QED) is 0.886. The highest BCUT2D eigenvalue weighted by molar-refractivity contribution is 5.78. The predicted molar refractivity (Wildman–Crippen MR) is 77.9 cm³/mol. The van der Waals surface area contributed by atoms with Gasteiger partial charge in [-0.1, -0.05) is 43.7 Å². The van der Waals surface area contributed by atoms with Gasteiger partial charge in [-0.05, 0) is 19.4 Å². The molecule has 104 valence electrons. The van der Waals surface area contributed by atoms with Crippen LogP contribution in [0.5, 0.6) is 0 Å². The summed E-state index contributed by atoms with van der Waals surface area (Å²) in [5.41, 5.74) is 2.53. The largest absolute Gasteiger partial charge is 0.337 e. The van der Waals surface area contributed by atoms with Crippen molar-refractivity contribution in [3.05, 3.63) is 35.4 Å². The Morgan fingerprint density at radius 3 is 2.53 bits per heavy atom. The van der Waals surface area contributed by atoms with Crippen molar-refractivity contribution in [2.75, 3.05) is 13.1 Å². The molecule has 1 fully saturated rings. The maximum Gasteiger partial charge on any atom is 0.225 e. The van der Waals surface area contributed by atoms with Crippen LogP contribution in [0.25, 0.3) is 0 Å². The SMILES string of the molecule is Cc1ccc(C2CN(C(=O)C(C)C)[C@H](C)CN2)cc1. The minimum atomic E-state index is 0.0687. The van der Waals surface area contributed by atoms with Crippen molar-refractivity contribution in [1.82, 2.24) is 10.2 Å². The predicted octanol–water partition coefficient (Wildman–Crippen LogP) is 2.51. The van der Waals surface area contributed by atoms with Crippen molar-refractivity contribution in [2.45, 2.75) is 39.8 Å². The van der Waals surface area contributed by atoms with E-state index in [4.69, 9.17) is 0 Å². The first-order chi connectivity index (χ1) is 8.99. The summed E-state index contributed by atoms with van der Waals surface area (Å²) in [7, 11) is 0. The molecule has 1 amide bonds. The molecule has 0 saturated carbocycles. The van der Waals surface area contributed by atoms with Crippen LogP contribution < -0.4 is 5.32 Å². The number of nitrogens with one attached hydrogen (secondary N) is 1. The summed E-state index contributed by atoms with van der Waals surface area (Å²) in [4.78, 5) is 14.3. The first-order valence-electron chi connectivity index (χ1n) is 7.09. The number of aryl methyl sites for hydroxylation is 1. The molecule has 1 unspecified atom stereocenters.